The third-order valence-electron chi connectivity index (χ3n) is 3.90. The van der Waals surface area contributed by atoms with Crippen molar-refractivity contribution >= 4 is 43.5 Å². The van der Waals surface area contributed by atoms with Crippen LogP contribution in [0.5, 0.6) is 0 Å². The van der Waals surface area contributed by atoms with Gasteiger partial charge in [-0.25, -0.2) is 8.42 Å². The highest BCUT2D eigenvalue weighted by atomic mass is 79.9. The highest BCUT2D eigenvalue weighted by Gasteiger charge is 2.25. The first kappa shape index (κ1) is 21.8. The molecule has 0 aromatic heterocycles. The number of hydroxylamine groups is 1. The highest BCUT2D eigenvalue weighted by Crippen LogP contribution is 2.25. The number of hydrogen-bond acceptors (Lipinski definition) is 4. The fourth-order valence-corrected chi connectivity index (χ4v) is 4.15. The molecule has 0 spiro atoms. The molecular formula is C18H20BrClN2O4S. The molecule has 1 N–H and O–H groups in total. The monoisotopic (exact) mass is 474 g/mol. The predicted molar refractivity (Wildman–Crippen MR) is 108 cm³/mol. The molecule has 1 atom stereocenters. The van der Waals surface area contributed by atoms with Crippen LogP contribution in [-0.4, -0.2) is 39.0 Å². The number of carbonyl (C=O) groups excluding carboxylic acids is 1. The predicted octanol–water partition coefficient (Wildman–Crippen LogP) is 3.65. The summed E-state index contributed by atoms with van der Waals surface area (Å²) in [6.45, 7) is 1.88. The smallest absolute Gasteiger partial charge is 0.266 e. The van der Waals surface area contributed by atoms with Gasteiger partial charge in [-0.2, -0.15) is 0 Å². The number of benzene rings is 2. The summed E-state index contributed by atoms with van der Waals surface area (Å²) in [4.78, 5) is 17.1. The summed E-state index contributed by atoms with van der Waals surface area (Å²) < 4.78 is 26.5. The third kappa shape index (κ3) is 5.52. The molecule has 0 bridgehead atoms. The second-order valence-corrected chi connectivity index (χ2v) is 9.17. The summed E-state index contributed by atoms with van der Waals surface area (Å²) >= 11 is 9.40. The van der Waals surface area contributed by atoms with Crippen molar-refractivity contribution in [2.75, 3.05) is 14.2 Å². The maximum absolute atomic E-state index is 12.5. The zero-order valence-electron chi connectivity index (χ0n) is 15.1. The summed E-state index contributed by atoms with van der Waals surface area (Å²) in [7, 11) is -1.49. The Hall–Kier alpha value is -1.45. The van der Waals surface area contributed by atoms with E-state index in [9.17, 15) is 13.2 Å². The van der Waals surface area contributed by atoms with Crippen LogP contribution in [0.15, 0.2) is 51.8 Å². The van der Waals surface area contributed by atoms with Crippen LogP contribution in [-0.2, 0) is 21.3 Å². The highest BCUT2D eigenvalue weighted by molar-refractivity contribution is 9.10. The van der Waals surface area contributed by atoms with Crippen LogP contribution in [0.25, 0.3) is 0 Å². The molecule has 0 saturated heterocycles. The van der Waals surface area contributed by atoms with Gasteiger partial charge in [0.05, 0.1) is 12.1 Å². The van der Waals surface area contributed by atoms with Crippen molar-refractivity contribution in [1.82, 2.24) is 9.79 Å². The number of hydrogen-bond donors (Lipinski definition) is 1. The minimum atomic E-state index is -3.96. The SMILES string of the molecule is CON(C)S(=O)(=O)c1cc(C(=O)NC(C)Cc2ccc(Br)cc2)ccc1Cl. The Kier molecular flexibility index (Phi) is 7.41. The first-order valence-electron chi connectivity index (χ1n) is 8.03. The molecule has 0 saturated carbocycles. The molecule has 9 heteroatoms. The lowest BCUT2D eigenvalue weighted by Crippen LogP contribution is -2.34. The summed E-state index contributed by atoms with van der Waals surface area (Å²) in [5.74, 6) is -0.382. The second-order valence-electron chi connectivity index (χ2n) is 5.95. The first-order chi connectivity index (χ1) is 12.6. The molecule has 1 unspecified atom stereocenters. The van der Waals surface area contributed by atoms with E-state index in [0.29, 0.717) is 10.9 Å². The van der Waals surface area contributed by atoms with Crippen LogP contribution in [0.2, 0.25) is 5.02 Å². The molecule has 0 fully saturated rings. The van der Waals surface area contributed by atoms with E-state index < -0.39 is 10.0 Å². The Morgan fingerprint density at radius 1 is 1.26 bits per heavy atom. The summed E-state index contributed by atoms with van der Waals surface area (Å²) in [5, 5.41) is 2.88. The Balaban J connectivity index is 2.16. The normalized spacial score (nSPS) is 12.8. The van der Waals surface area contributed by atoms with Crippen molar-refractivity contribution in [3.63, 3.8) is 0 Å². The fourth-order valence-electron chi connectivity index (χ4n) is 2.41. The number of carbonyl (C=O) groups is 1. The standard InChI is InChI=1S/C18H20BrClN2O4S/c1-12(10-13-4-7-15(19)8-5-13)21-18(23)14-6-9-16(20)17(11-14)27(24,25)22(2)26-3/h4-9,11-12H,10H2,1-3H3,(H,21,23). The third-order valence-corrected chi connectivity index (χ3v) is 6.59. The van der Waals surface area contributed by atoms with E-state index in [4.69, 9.17) is 16.4 Å². The van der Waals surface area contributed by atoms with Crippen molar-refractivity contribution in [1.29, 1.82) is 0 Å². The van der Waals surface area contributed by atoms with Crippen LogP contribution < -0.4 is 5.32 Å². The molecule has 1 amide bonds. The van der Waals surface area contributed by atoms with E-state index in [-0.39, 0.29) is 27.4 Å². The minimum Gasteiger partial charge on any atom is -0.349 e. The first-order valence-corrected chi connectivity index (χ1v) is 10.6. The molecule has 0 aliphatic rings. The van der Waals surface area contributed by atoms with Crippen molar-refractivity contribution in [3.8, 4) is 0 Å². The molecule has 0 aliphatic heterocycles. The average molecular weight is 476 g/mol. The zero-order valence-corrected chi connectivity index (χ0v) is 18.2. The molecule has 146 valence electrons. The van der Waals surface area contributed by atoms with E-state index in [1.165, 1.54) is 32.4 Å². The van der Waals surface area contributed by atoms with Crippen LogP contribution in [0.3, 0.4) is 0 Å². The lowest BCUT2D eigenvalue weighted by molar-refractivity contribution is -0.0258. The van der Waals surface area contributed by atoms with Gasteiger partial charge >= 0.3 is 0 Å². The van der Waals surface area contributed by atoms with Crippen LogP contribution >= 0.6 is 27.5 Å². The topological polar surface area (TPSA) is 75.7 Å². The van der Waals surface area contributed by atoms with Crippen molar-refractivity contribution in [2.45, 2.75) is 24.3 Å². The summed E-state index contributed by atoms with van der Waals surface area (Å²) in [6.07, 6.45) is 0.643. The summed E-state index contributed by atoms with van der Waals surface area (Å²) in [5.41, 5.74) is 1.28. The Bertz CT molecular complexity index is 919. The van der Waals surface area contributed by atoms with Gasteiger partial charge < -0.3 is 5.32 Å². The zero-order chi connectivity index (χ0) is 20.2. The number of sulfonamides is 1. The molecule has 2 rings (SSSR count). The number of rotatable bonds is 7. The van der Waals surface area contributed by atoms with Crippen molar-refractivity contribution in [3.05, 3.63) is 63.1 Å². The maximum atomic E-state index is 12.5. The van der Waals surface area contributed by atoms with Crippen molar-refractivity contribution < 1.29 is 18.0 Å². The molecule has 2 aromatic carbocycles. The molecular weight excluding hydrogens is 456 g/mol. The number of nitrogens with zero attached hydrogens (tertiary/aromatic N) is 1. The van der Waals surface area contributed by atoms with E-state index in [1.54, 1.807) is 0 Å². The average Bonchev–Trinajstić information content (AvgIpc) is 2.62. The summed E-state index contributed by atoms with van der Waals surface area (Å²) in [6, 6.07) is 11.8. The second kappa shape index (κ2) is 9.16. The molecule has 2 aromatic rings. The van der Waals surface area contributed by atoms with Crippen molar-refractivity contribution in [2.24, 2.45) is 0 Å². The molecule has 27 heavy (non-hydrogen) atoms. The van der Waals surface area contributed by atoms with Gasteiger partial charge in [0.2, 0.25) is 0 Å². The minimum absolute atomic E-state index is 0.0124. The molecule has 0 heterocycles. The van der Waals surface area contributed by atoms with Gasteiger partial charge in [-0.3, -0.25) is 9.63 Å². The Morgan fingerprint density at radius 2 is 1.89 bits per heavy atom. The lowest BCUT2D eigenvalue weighted by Gasteiger charge is -2.17. The van der Waals surface area contributed by atoms with Crippen LogP contribution in [0.1, 0.15) is 22.8 Å². The Morgan fingerprint density at radius 3 is 2.48 bits per heavy atom. The largest absolute Gasteiger partial charge is 0.349 e. The number of amides is 1. The number of halogens is 2. The molecule has 0 aliphatic carbocycles. The van der Waals surface area contributed by atoms with Gasteiger partial charge in [-0.15, -0.1) is 0 Å². The maximum Gasteiger partial charge on any atom is 0.266 e. The molecule has 0 radical (unpaired) electrons. The van der Waals surface area contributed by atoms with Crippen LogP contribution in [0, 0.1) is 0 Å². The quantitative estimate of drug-likeness (QED) is 0.620. The van der Waals surface area contributed by atoms with E-state index >= 15 is 0 Å². The molecule has 6 nitrogen and oxygen atoms in total. The fraction of sp³-hybridized carbons (Fsp3) is 0.278. The van der Waals surface area contributed by atoms with Gasteiger partial charge in [0.25, 0.3) is 15.9 Å². The van der Waals surface area contributed by atoms with Gasteiger partial charge in [0.15, 0.2) is 0 Å². The van der Waals surface area contributed by atoms with E-state index in [1.807, 2.05) is 31.2 Å². The van der Waals surface area contributed by atoms with Gasteiger partial charge in [-0.05, 0) is 49.2 Å². The number of nitrogens with one attached hydrogen (secondary N) is 1. The van der Waals surface area contributed by atoms with Crippen LogP contribution in [0.4, 0.5) is 0 Å². The lowest BCUT2D eigenvalue weighted by atomic mass is 10.1. The van der Waals surface area contributed by atoms with E-state index in [0.717, 1.165) is 10.0 Å². The van der Waals surface area contributed by atoms with Gasteiger partial charge in [0.1, 0.15) is 4.90 Å². The Labute approximate surface area is 172 Å². The van der Waals surface area contributed by atoms with E-state index in [2.05, 4.69) is 21.2 Å². The van der Waals surface area contributed by atoms with Gasteiger partial charge in [0, 0.05) is 23.1 Å². The van der Waals surface area contributed by atoms with Gasteiger partial charge in [-0.1, -0.05) is 44.1 Å².